The van der Waals surface area contributed by atoms with E-state index in [1.165, 1.54) is 0 Å². The molecule has 4 nitrogen and oxygen atoms in total. The zero-order valence-corrected chi connectivity index (χ0v) is 10.7. The molecule has 2 saturated heterocycles. The summed E-state index contributed by atoms with van der Waals surface area (Å²) in [6.07, 6.45) is 2.30. The van der Waals surface area contributed by atoms with Crippen molar-refractivity contribution in [3.8, 4) is 0 Å². The van der Waals surface area contributed by atoms with Crippen molar-refractivity contribution in [1.82, 2.24) is 4.90 Å². The predicted molar refractivity (Wildman–Crippen MR) is 69.2 cm³/mol. The van der Waals surface area contributed by atoms with Gasteiger partial charge in [-0.05, 0) is 18.4 Å². The average Bonchev–Trinajstić information content (AvgIpc) is 3.00. The summed E-state index contributed by atoms with van der Waals surface area (Å²) >= 11 is 0. The van der Waals surface area contributed by atoms with Crippen molar-refractivity contribution < 1.29 is 14.3 Å². The van der Waals surface area contributed by atoms with Gasteiger partial charge in [-0.1, -0.05) is 30.3 Å². The van der Waals surface area contributed by atoms with E-state index in [1.807, 2.05) is 35.2 Å². The zero-order valence-electron chi connectivity index (χ0n) is 10.7. The van der Waals surface area contributed by atoms with Crippen molar-refractivity contribution in [2.75, 3.05) is 6.54 Å². The Morgan fingerprint density at radius 3 is 2.79 bits per heavy atom. The number of fused-ring (bicyclic) bond motifs is 1. The first kappa shape index (κ1) is 12.2. The number of benzene rings is 1. The summed E-state index contributed by atoms with van der Waals surface area (Å²) in [5.74, 6) is 0.451. The van der Waals surface area contributed by atoms with Crippen LogP contribution in [0.1, 0.15) is 30.9 Å². The van der Waals surface area contributed by atoms with Gasteiger partial charge >= 0.3 is 0 Å². The van der Waals surface area contributed by atoms with E-state index in [1.54, 1.807) is 0 Å². The van der Waals surface area contributed by atoms with E-state index in [0.29, 0.717) is 25.5 Å². The van der Waals surface area contributed by atoms with Gasteiger partial charge in [-0.15, -0.1) is 0 Å². The smallest absolute Gasteiger partial charge is 0.293 e. The molecular weight excluding hydrogens is 242 g/mol. The van der Waals surface area contributed by atoms with Crippen LogP contribution < -0.4 is 0 Å². The topological polar surface area (TPSA) is 46.6 Å². The molecule has 2 fully saturated rings. The van der Waals surface area contributed by atoms with Crippen LogP contribution >= 0.6 is 0 Å². The van der Waals surface area contributed by atoms with Gasteiger partial charge in [-0.2, -0.15) is 0 Å². The maximum Gasteiger partial charge on any atom is 0.293 e. The number of nitrogens with zero attached hydrogens (tertiary/aromatic N) is 1. The minimum Gasteiger partial charge on any atom is -0.459 e. The molecule has 1 amide bonds. The average molecular weight is 259 g/mol. The molecule has 0 aromatic heterocycles. The molecule has 1 aromatic carbocycles. The van der Waals surface area contributed by atoms with Gasteiger partial charge in [-0.3, -0.25) is 9.59 Å². The maximum absolute atomic E-state index is 11.7. The second-order valence-electron chi connectivity index (χ2n) is 5.30. The van der Waals surface area contributed by atoms with Gasteiger partial charge in [-0.25, -0.2) is 0 Å². The van der Waals surface area contributed by atoms with Gasteiger partial charge in [0.1, 0.15) is 6.10 Å². The first-order valence-electron chi connectivity index (χ1n) is 6.73. The normalized spacial score (nSPS) is 27.2. The lowest BCUT2D eigenvalue weighted by Gasteiger charge is -2.22. The third-order valence-electron chi connectivity index (χ3n) is 4.22. The van der Waals surface area contributed by atoms with Crippen molar-refractivity contribution in [2.45, 2.75) is 31.4 Å². The Hall–Kier alpha value is -1.84. The fraction of sp³-hybridized carbons (Fsp3) is 0.467. The molecule has 2 aliphatic rings. The standard InChI is InChI=1S/C15H17NO3/c17-10-19-15(11-4-2-1-3-5-11)12-8-13-6-7-14(18)16(13)9-12/h1-5,10,12-13,15H,6-9H2/t12-,13+,15+/m0/s1. The fourth-order valence-electron chi connectivity index (χ4n) is 3.35. The fourth-order valence-corrected chi connectivity index (χ4v) is 3.35. The number of rotatable bonds is 4. The minimum atomic E-state index is -0.239. The molecule has 100 valence electrons. The Morgan fingerprint density at radius 2 is 2.11 bits per heavy atom. The van der Waals surface area contributed by atoms with E-state index < -0.39 is 0 Å². The molecule has 3 atom stereocenters. The van der Waals surface area contributed by atoms with Crippen molar-refractivity contribution in [3.05, 3.63) is 35.9 Å². The molecule has 0 unspecified atom stereocenters. The molecule has 0 N–H and O–H groups in total. The van der Waals surface area contributed by atoms with E-state index in [4.69, 9.17) is 4.74 Å². The Kier molecular flexibility index (Phi) is 3.23. The minimum absolute atomic E-state index is 0.210. The molecule has 2 aliphatic heterocycles. The Labute approximate surface area is 112 Å². The van der Waals surface area contributed by atoms with Gasteiger partial charge in [0.05, 0.1) is 0 Å². The van der Waals surface area contributed by atoms with E-state index in [-0.39, 0.29) is 17.9 Å². The van der Waals surface area contributed by atoms with Crippen molar-refractivity contribution in [2.24, 2.45) is 5.92 Å². The van der Waals surface area contributed by atoms with Crippen molar-refractivity contribution >= 4 is 12.4 Å². The number of carbonyl (C=O) groups is 2. The highest BCUT2D eigenvalue weighted by Gasteiger charge is 2.43. The van der Waals surface area contributed by atoms with Gasteiger partial charge < -0.3 is 9.64 Å². The van der Waals surface area contributed by atoms with E-state index >= 15 is 0 Å². The van der Waals surface area contributed by atoms with E-state index in [0.717, 1.165) is 18.4 Å². The van der Waals surface area contributed by atoms with Crippen molar-refractivity contribution in [3.63, 3.8) is 0 Å². The monoisotopic (exact) mass is 259 g/mol. The van der Waals surface area contributed by atoms with Gasteiger partial charge in [0.25, 0.3) is 6.47 Å². The van der Waals surface area contributed by atoms with Crippen LogP contribution in [0.3, 0.4) is 0 Å². The highest BCUT2D eigenvalue weighted by Crippen LogP contribution is 2.39. The highest BCUT2D eigenvalue weighted by atomic mass is 16.5. The molecule has 0 spiro atoms. The Morgan fingerprint density at radius 1 is 1.32 bits per heavy atom. The summed E-state index contributed by atoms with van der Waals surface area (Å²) < 4.78 is 5.29. The number of carbonyl (C=O) groups excluding carboxylic acids is 2. The van der Waals surface area contributed by atoms with Crippen LogP contribution in [0.2, 0.25) is 0 Å². The first-order chi connectivity index (χ1) is 9.29. The maximum atomic E-state index is 11.7. The number of amides is 1. The SMILES string of the molecule is O=CO[C@H](c1ccccc1)[C@H]1C[C@H]2CCC(=O)N2C1. The van der Waals surface area contributed by atoms with Crippen LogP contribution in [0.15, 0.2) is 30.3 Å². The lowest BCUT2D eigenvalue weighted by Crippen LogP contribution is -2.28. The quantitative estimate of drug-likeness (QED) is 0.776. The Bertz CT molecular complexity index is 474. The molecule has 2 heterocycles. The number of ether oxygens (including phenoxy) is 1. The predicted octanol–water partition coefficient (Wildman–Crippen LogP) is 1.91. The molecule has 0 bridgehead atoms. The van der Waals surface area contributed by atoms with Crippen LogP contribution in [-0.2, 0) is 14.3 Å². The van der Waals surface area contributed by atoms with E-state index in [9.17, 15) is 9.59 Å². The summed E-state index contributed by atoms with van der Waals surface area (Å²) in [6.45, 7) is 1.22. The molecule has 19 heavy (non-hydrogen) atoms. The van der Waals surface area contributed by atoms with Crippen LogP contribution in [0.5, 0.6) is 0 Å². The summed E-state index contributed by atoms with van der Waals surface area (Å²) in [4.78, 5) is 24.4. The zero-order chi connectivity index (χ0) is 13.2. The van der Waals surface area contributed by atoms with Crippen LogP contribution in [0, 0.1) is 5.92 Å². The van der Waals surface area contributed by atoms with Crippen LogP contribution in [-0.4, -0.2) is 29.9 Å². The lowest BCUT2D eigenvalue weighted by atomic mass is 9.92. The molecule has 0 aliphatic carbocycles. The summed E-state index contributed by atoms with van der Waals surface area (Å²) in [7, 11) is 0. The molecule has 0 saturated carbocycles. The number of hydrogen-bond donors (Lipinski definition) is 0. The summed E-state index contributed by atoms with van der Waals surface area (Å²) in [5.41, 5.74) is 1.01. The lowest BCUT2D eigenvalue weighted by molar-refractivity contribution is -0.136. The molecule has 1 aromatic rings. The van der Waals surface area contributed by atoms with E-state index in [2.05, 4.69) is 0 Å². The largest absolute Gasteiger partial charge is 0.459 e. The van der Waals surface area contributed by atoms with Crippen molar-refractivity contribution in [1.29, 1.82) is 0 Å². The molecule has 0 radical (unpaired) electrons. The molecule has 4 heteroatoms. The third kappa shape index (κ3) is 2.23. The van der Waals surface area contributed by atoms with Gasteiger partial charge in [0, 0.05) is 24.9 Å². The Balaban J connectivity index is 1.79. The highest BCUT2D eigenvalue weighted by molar-refractivity contribution is 5.79. The second kappa shape index (κ2) is 5.03. The van der Waals surface area contributed by atoms with Gasteiger partial charge in [0.2, 0.25) is 5.91 Å². The first-order valence-corrected chi connectivity index (χ1v) is 6.73. The van der Waals surface area contributed by atoms with Crippen LogP contribution in [0.25, 0.3) is 0 Å². The third-order valence-corrected chi connectivity index (χ3v) is 4.22. The number of hydrogen-bond acceptors (Lipinski definition) is 3. The van der Waals surface area contributed by atoms with Gasteiger partial charge in [0.15, 0.2) is 0 Å². The second-order valence-corrected chi connectivity index (χ2v) is 5.30. The summed E-state index contributed by atoms with van der Waals surface area (Å²) in [5, 5.41) is 0. The molecule has 3 rings (SSSR count). The molecular formula is C15H17NO3. The summed E-state index contributed by atoms with van der Waals surface area (Å²) in [6, 6.07) is 10.1. The van der Waals surface area contributed by atoms with Crippen LogP contribution in [0.4, 0.5) is 0 Å².